The minimum atomic E-state index is -0.339. The second-order valence-electron chi connectivity index (χ2n) is 6.94. The van der Waals surface area contributed by atoms with Crippen LogP contribution in [0.3, 0.4) is 0 Å². The summed E-state index contributed by atoms with van der Waals surface area (Å²) in [5.41, 5.74) is 1.74. The number of hydrogen-bond donors (Lipinski definition) is 1. The number of benzene rings is 1. The first kappa shape index (κ1) is 15.2. The Morgan fingerprint density at radius 2 is 2.04 bits per heavy atom. The number of fused-ring (bicyclic) bond motifs is 4. The summed E-state index contributed by atoms with van der Waals surface area (Å²) < 4.78 is 13.6. The number of hydrogen-bond acceptors (Lipinski definition) is 5. The zero-order valence-electron chi connectivity index (χ0n) is 14.3. The molecule has 2 aliphatic rings. The van der Waals surface area contributed by atoms with E-state index < -0.39 is 0 Å². The van der Waals surface area contributed by atoms with Gasteiger partial charge in [-0.1, -0.05) is 0 Å². The summed E-state index contributed by atoms with van der Waals surface area (Å²) in [5.74, 6) is 1.66. The van der Waals surface area contributed by atoms with Gasteiger partial charge in [0.15, 0.2) is 17.1 Å². The number of carbonyl (C=O) groups is 1. The van der Waals surface area contributed by atoms with Crippen molar-refractivity contribution in [2.24, 2.45) is 5.92 Å². The molecule has 0 atom stereocenters. The number of rotatable bonds is 4. The first-order valence-corrected chi connectivity index (χ1v) is 8.69. The first-order chi connectivity index (χ1) is 12.6. The average Bonchev–Trinajstić information content (AvgIpc) is 3.25. The van der Waals surface area contributed by atoms with E-state index >= 15 is 0 Å². The van der Waals surface area contributed by atoms with Gasteiger partial charge in [-0.25, -0.2) is 13.9 Å². The summed E-state index contributed by atoms with van der Waals surface area (Å²) in [7, 11) is 0. The minimum Gasteiger partial charge on any atom is -0.454 e. The Bertz CT molecular complexity index is 1110. The lowest BCUT2D eigenvalue weighted by Crippen LogP contribution is -2.33. The van der Waals surface area contributed by atoms with Crippen molar-refractivity contribution in [3.05, 3.63) is 34.2 Å². The Hall–Kier alpha value is -3.03. The molecule has 1 aliphatic carbocycles. The monoisotopic (exact) mass is 354 g/mol. The van der Waals surface area contributed by atoms with Crippen molar-refractivity contribution in [1.29, 1.82) is 0 Å². The molecule has 1 fully saturated rings. The van der Waals surface area contributed by atoms with E-state index in [0.29, 0.717) is 35.1 Å². The van der Waals surface area contributed by atoms with Crippen molar-refractivity contribution in [3.8, 4) is 11.5 Å². The third-order valence-electron chi connectivity index (χ3n) is 4.91. The summed E-state index contributed by atoms with van der Waals surface area (Å²) in [5, 5.41) is 8.10. The lowest BCUT2D eigenvalue weighted by atomic mass is 10.1. The quantitative estimate of drug-likeness (QED) is 0.761. The Labute approximate surface area is 148 Å². The molecule has 5 rings (SSSR count). The third-order valence-corrected chi connectivity index (χ3v) is 4.91. The lowest BCUT2D eigenvalue weighted by molar-refractivity contribution is -0.121. The molecule has 3 aromatic rings. The molecular weight excluding hydrogens is 336 g/mol. The van der Waals surface area contributed by atoms with Crippen LogP contribution in [-0.4, -0.2) is 33.4 Å². The van der Waals surface area contributed by atoms with E-state index in [9.17, 15) is 9.59 Å². The molecule has 8 heteroatoms. The Kier molecular flexibility index (Phi) is 3.22. The highest BCUT2D eigenvalue weighted by atomic mass is 16.7. The molecule has 26 heavy (non-hydrogen) atoms. The van der Waals surface area contributed by atoms with Crippen molar-refractivity contribution in [2.75, 3.05) is 13.3 Å². The largest absolute Gasteiger partial charge is 0.454 e. The maximum Gasteiger partial charge on any atom is 0.351 e. The molecule has 0 saturated heterocycles. The summed E-state index contributed by atoms with van der Waals surface area (Å²) in [4.78, 5) is 25.0. The molecule has 1 amide bonds. The van der Waals surface area contributed by atoms with E-state index in [1.165, 1.54) is 9.08 Å². The summed E-state index contributed by atoms with van der Waals surface area (Å²) in [6, 6.07) is 5.59. The minimum absolute atomic E-state index is 0.0846. The van der Waals surface area contributed by atoms with E-state index in [-0.39, 0.29) is 24.9 Å². The number of ether oxygens (including phenoxy) is 2. The molecule has 0 unspecified atom stereocenters. The molecular formula is C18H18N4O4. The van der Waals surface area contributed by atoms with Crippen LogP contribution in [0.2, 0.25) is 0 Å². The number of pyridine rings is 1. The van der Waals surface area contributed by atoms with Crippen LogP contribution in [-0.2, 0) is 11.3 Å². The van der Waals surface area contributed by atoms with E-state index in [4.69, 9.17) is 9.47 Å². The van der Waals surface area contributed by atoms with Gasteiger partial charge in [0.25, 0.3) is 0 Å². The summed E-state index contributed by atoms with van der Waals surface area (Å²) in [6.07, 6.45) is 2.33. The maximum absolute atomic E-state index is 12.9. The average molecular weight is 354 g/mol. The van der Waals surface area contributed by atoms with Gasteiger partial charge in [-0.15, -0.1) is 5.10 Å². The first-order valence-electron chi connectivity index (χ1n) is 8.69. The molecule has 1 N–H and O–H groups in total. The zero-order valence-corrected chi connectivity index (χ0v) is 14.3. The predicted molar refractivity (Wildman–Crippen MR) is 93.6 cm³/mol. The molecule has 134 valence electrons. The fourth-order valence-electron chi connectivity index (χ4n) is 3.31. The smallest absolute Gasteiger partial charge is 0.351 e. The second-order valence-corrected chi connectivity index (χ2v) is 6.94. The third kappa shape index (κ3) is 2.40. The van der Waals surface area contributed by atoms with Crippen molar-refractivity contribution in [3.63, 3.8) is 0 Å². The van der Waals surface area contributed by atoms with Crippen LogP contribution in [0.1, 0.15) is 18.4 Å². The molecule has 2 aromatic heterocycles. The fraction of sp³-hybridized carbons (Fsp3) is 0.389. The topological polar surface area (TPSA) is 86.9 Å². The van der Waals surface area contributed by atoms with Crippen LogP contribution in [0.4, 0.5) is 0 Å². The molecule has 1 aromatic carbocycles. The standard InChI is InChI=1S/C18H18N4O4/c1-10-4-12-5-14-15(26-9-25-14)6-13(12)22-17(10)20-21(18(22)24)8-16(23)19-7-11-2-3-11/h4-6,11H,2-3,7-9H2,1H3,(H,19,23). The number of aryl methyl sites for hydroxylation is 1. The van der Waals surface area contributed by atoms with Gasteiger partial charge in [0.2, 0.25) is 12.7 Å². The van der Waals surface area contributed by atoms with Gasteiger partial charge in [-0.05, 0) is 43.4 Å². The van der Waals surface area contributed by atoms with E-state index in [1.54, 1.807) is 6.07 Å². The normalized spacial score (nSPS) is 15.7. The molecule has 3 heterocycles. The lowest BCUT2D eigenvalue weighted by Gasteiger charge is -2.05. The van der Waals surface area contributed by atoms with Crippen LogP contribution >= 0.6 is 0 Å². The van der Waals surface area contributed by atoms with Crippen LogP contribution in [0.25, 0.3) is 16.6 Å². The van der Waals surface area contributed by atoms with Gasteiger partial charge in [0.1, 0.15) is 6.54 Å². The number of amides is 1. The molecule has 0 radical (unpaired) electrons. The van der Waals surface area contributed by atoms with Crippen LogP contribution in [0.15, 0.2) is 23.0 Å². The fourth-order valence-corrected chi connectivity index (χ4v) is 3.31. The van der Waals surface area contributed by atoms with E-state index in [1.807, 2.05) is 19.1 Å². The Morgan fingerprint density at radius 1 is 1.27 bits per heavy atom. The van der Waals surface area contributed by atoms with Crippen LogP contribution in [0.5, 0.6) is 11.5 Å². The number of carbonyl (C=O) groups excluding carboxylic acids is 1. The van der Waals surface area contributed by atoms with Crippen molar-refractivity contribution < 1.29 is 14.3 Å². The molecule has 1 aliphatic heterocycles. The van der Waals surface area contributed by atoms with Gasteiger partial charge in [-0.3, -0.25) is 4.79 Å². The van der Waals surface area contributed by atoms with Gasteiger partial charge >= 0.3 is 5.69 Å². The maximum atomic E-state index is 12.9. The Balaban J connectivity index is 1.59. The summed E-state index contributed by atoms with van der Waals surface area (Å²) in [6.45, 7) is 2.65. The number of nitrogens with zero attached hydrogens (tertiary/aromatic N) is 3. The molecule has 1 saturated carbocycles. The van der Waals surface area contributed by atoms with Crippen LogP contribution < -0.4 is 20.5 Å². The highest BCUT2D eigenvalue weighted by molar-refractivity contribution is 5.87. The van der Waals surface area contributed by atoms with Crippen LogP contribution in [0, 0.1) is 12.8 Å². The SMILES string of the molecule is Cc1cc2cc3c(cc2n2c(=O)n(CC(=O)NCC4CC4)nc12)OCO3. The van der Waals surface area contributed by atoms with Crippen molar-refractivity contribution >= 4 is 22.5 Å². The van der Waals surface area contributed by atoms with Gasteiger partial charge in [0.05, 0.1) is 5.52 Å². The molecule has 0 spiro atoms. The highest BCUT2D eigenvalue weighted by Crippen LogP contribution is 2.36. The predicted octanol–water partition coefficient (Wildman–Crippen LogP) is 1.21. The Morgan fingerprint density at radius 3 is 2.81 bits per heavy atom. The molecule has 0 bridgehead atoms. The van der Waals surface area contributed by atoms with Crippen molar-refractivity contribution in [2.45, 2.75) is 26.3 Å². The second kappa shape index (κ2) is 5.48. The number of aromatic nitrogens is 3. The zero-order chi connectivity index (χ0) is 17.8. The van der Waals surface area contributed by atoms with E-state index in [0.717, 1.165) is 23.8 Å². The molecule has 8 nitrogen and oxygen atoms in total. The highest BCUT2D eigenvalue weighted by Gasteiger charge is 2.23. The van der Waals surface area contributed by atoms with Gasteiger partial charge in [-0.2, -0.15) is 0 Å². The number of nitrogens with one attached hydrogen (secondary N) is 1. The van der Waals surface area contributed by atoms with Gasteiger partial charge in [0, 0.05) is 18.0 Å². The summed E-state index contributed by atoms with van der Waals surface area (Å²) >= 11 is 0. The van der Waals surface area contributed by atoms with Crippen molar-refractivity contribution in [1.82, 2.24) is 19.5 Å². The van der Waals surface area contributed by atoms with E-state index in [2.05, 4.69) is 10.4 Å². The van der Waals surface area contributed by atoms with Gasteiger partial charge < -0.3 is 14.8 Å².